The van der Waals surface area contributed by atoms with Crippen LogP contribution in [0.15, 0.2) is 48.5 Å². The van der Waals surface area contributed by atoms with Crippen molar-refractivity contribution in [3.8, 4) is 0 Å². The molecule has 182 valence electrons. The van der Waals surface area contributed by atoms with Crippen molar-refractivity contribution in [1.29, 1.82) is 0 Å². The van der Waals surface area contributed by atoms with Crippen LogP contribution in [0.3, 0.4) is 0 Å². The largest absolute Gasteiger partial charge is 0.478 e. The molecule has 1 aliphatic rings. The standard InChI is InChI=1S/C26H31ClN2O5/c1-25(2,3)34-24(33)21(28)26(16-7-6-8-17(27)15-16)13-11-18(12-14-26)29-22(30)19-9-4-5-10-20(19)23(31)32/h4-10,15,18,21H,11-14,28H2,1-3H3,(H,29,30)(H,31,32). The number of nitrogens with one attached hydrogen (secondary N) is 1. The first kappa shape index (κ1) is 25.7. The van der Waals surface area contributed by atoms with Gasteiger partial charge >= 0.3 is 11.9 Å². The molecule has 2 aromatic carbocycles. The van der Waals surface area contributed by atoms with E-state index >= 15 is 0 Å². The third kappa shape index (κ3) is 5.77. The minimum atomic E-state index is -1.15. The molecule has 0 bridgehead atoms. The number of benzene rings is 2. The minimum Gasteiger partial charge on any atom is -0.478 e. The van der Waals surface area contributed by atoms with E-state index < -0.39 is 34.9 Å². The number of aromatic carboxylic acids is 1. The van der Waals surface area contributed by atoms with Crippen molar-refractivity contribution in [2.75, 3.05) is 0 Å². The lowest BCUT2D eigenvalue weighted by Gasteiger charge is -2.44. The molecule has 0 radical (unpaired) electrons. The number of carboxylic acid groups (broad SMARTS) is 1. The lowest BCUT2D eigenvalue weighted by molar-refractivity contribution is -0.159. The molecule has 7 nitrogen and oxygen atoms in total. The number of carbonyl (C=O) groups excluding carboxylic acids is 2. The Hall–Kier alpha value is -2.90. The Bertz CT molecular complexity index is 1070. The van der Waals surface area contributed by atoms with Crippen molar-refractivity contribution in [2.45, 2.75) is 69.6 Å². The fourth-order valence-electron chi connectivity index (χ4n) is 4.58. The summed E-state index contributed by atoms with van der Waals surface area (Å²) < 4.78 is 5.59. The first-order valence-electron chi connectivity index (χ1n) is 11.3. The highest BCUT2D eigenvalue weighted by atomic mass is 35.5. The molecule has 1 atom stereocenters. The van der Waals surface area contributed by atoms with Gasteiger partial charge in [0.05, 0.1) is 11.1 Å². The molecule has 1 unspecified atom stereocenters. The van der Waals surface area contributed by atoms with E-state index in [0.717, 1.165) is 5.56 Å². The Kier molecular flexibility index (Phi) is 7.68. The van der Waals surface area contributed by atoms with Gasteiger partial charge in [0.25, 0.3) is 5.91 Å². The van der Waals surface area contributed by atoms with Crippen LogP contribution in [0, 0.1) is 0 Å². The van der Waals surface area contributed by atoms with Crippen molar-refractivity contribution in [2.24, 2.45) is 5.73 Å². The Labute approximate surface area is 204 Å². The average molecular weight is 487 g/mol. The van der Waals surface area contributed by atoms with Crippen LogP contribution in [0.4, 0.5) is 0 Å². The average Bonchev–Trinajstić information content (AvgIpc) is 2.78. The summed E-state index contributed by atoms with van der Waals surface area (Å²) in [4.78, 5) is 37.3. The van der Waals surface area contributed by atoms with Gasteiger partial charge in [0, 0.05) is 16.5 Å². The second-order valence-electron chi connectivity index (χ2n) is 9.78. The zero-order valence-corrected chi connectivity index (χ0v) is 20.4. The number of ether oxygens (including phenoxy) is 1. The number of rotatable bonds is 6. The lowest BCUT2D eigenvalue weighted by Crippen LogP contribution is -2.55. The maximum Gasteiger partial charge on any atom is 0.336 e. The quantitative estimate of drug-likeness (QED) is 0.523. The van der Waals surface area contributed by atoms with Crippen molar-refractivity contribution in [3.63, 3.8) is 0 Å². The summed E-state index contributed by atoms with van der Waals surface area (Å²) in [5.41, 5.74) is 6.10. The summed E-state index contributed by atoms with van der Waals surface area (Å²) in [6.07, 6.45) is 2.17. The van der Waals surface area contributed by atoms with E-state index in [1.807, 2.05) is 18.2 Å². The lowest BCUT2D eigenvalue weighted by atomic mass is 9.64. The molecular formula is C26H31ClN2O5. The summed E-state index contributed by atoms with van der Waals surface area (Å²) in [5, 5.41) is 12.9. The van der Waals surface area contributed by atoms with E-state index in [9.17, 15) is 19.5 Å². The van der Waals surface area contributed by atoms with Crippen LogP contribution >= 0.6 is 11.6 Å². The van der Waals surface area contributed by atoms with Crippen LogP contribution < -0.4 is 11.1 Å². The summed E-state index contributed by atoms with van der Waals surface area (Å²) >= 11 is 6.26. The van der Waals surface area contributed by atoms with E-state index in [-0.39, 0.29) is 17.2 Å². The van der Waals surface area contributed by atoms with Gasteiger partial charge < -0.3 is 20.9 Å². The molecule has 34 heavy (non-hydrogen) atoms. The molecule has 3 rings (SSSR count). The minimum absolute atomic E-state index is 0.0453. The molecule has 1 saturated carbocycles. The molecule has 8 heteroatoms. The smallest absolute Gasteiger partial charge is 0.336 e. The van der Waals surface area contributed by atoms with Crippen molar-refractivity contribution >= 4 is 29.4 Å². The Morgan fingerprint density at radius 3 is 2.26 bits per heavy atom. The van der Waals surface area contributed by atoms with Crippen LogP contribution in [0.2, 0.25) is 5.02 Å². The van der Waals surface area contributed by atoms with Gasteiger partial charge in [-0.1, -0.05) is 35.9 Å². The van der Waals surface area contributed by atoms with Gasteiger partial charge in [0.1, 0.15) is 11.6 Å². The van der Waals surface area contributed by atoms with Crippen molar-refractivity contribution in [1.82, 2.24) is 5.32 Å². The van der Waals surface area contributed by atoms with Gasteiger partial charge in [-0.25, -0.2) is 4.79 Å². The van der Waals surface area contributed by atoms with Gasteiger partial charge in [0.2, 0.25) is 0 Å². The number of carbonyl (C=O) groups is 3. The molecule has 1 aliphatic carbocycles. The number of amides is 1. The zero-order valence-electron chi connectivity index (χ0n) is 19.6. The van der Waals surface area contributed by atoms with E-state index in [4.69, 9.17) is 22.1 Å². The topological polar surface area (TPSA) is 119 Å². The number of esters is 1. The van der Waals surface area contributed by atoms with E-state index in [2.05, 4.69) is 5.32 Å². The number of nitrogens with two attached hydrogens (primary N) is 1. The number of carboxylic acids is 1. The van der Waals surface area contributed by atoms with Gasteiger partial charge in [0.15, 0.2) is 0 Å². The summed E-state index contributed by atoms with van der Waals surface area (Å²) in [6.45, 7) is 5.39. The van der Waals surface area contributed by atoms with Gasteiger partial charge in [-0.05, 0) is 76.3 Å². The monoisotopic (exact) mass is 486 g/mol. The molecule has 2 aromatic rings. The fraction of sp³-hybridized carbons (Fsp3) is 0.423. The number of halogens is 1. The first-order valence-corrected chi connectivity index (χ1v) is 11.7. The summed E-state index contributed by atoms with van der Waals surface area (Å²) in [6, 6.07) is 12.4. The van der Waals surface area contributed by atoms with Crippen LogP contribution in [0.25, 0.3) is 0 Å². The molecule has 4 N–H and O–H groups in total. The molecule has 0 aliphatic heterocycles. The van der Waals surface area contributed by atoms with E-state index in [0.29, 0.717) is 30.7 Å². The first-order chi connectivity index (χ1) is 15.9. The van der Waals surface area contributed by atoms with Crippen LogP contribution in [-0.2, 0) is 14.9 Å². The predicted molar refractivity (Wildman–Crippen MR) is 130 cm³/mol. The molecule has 0 spiro atoms. The predicted octanol–water partition coefficient (Wildman–Crippen LogP) is 4.32. The third-order valence-corrected chi connectivity index (χ3v) is 6.51. The molecule has 1 amide bonds. The summed E-state index contributed by atoms with van der Waals surface area (Å²) in [5.74, 6) is -2.07. The summed E-state index contributed by atoms with van der Waals surface area (Å²) in [7, 11) is 0. The van der Waals surface area contributed by atoms with Crippen LogP contribution in [0.1, 0.15) is 72.7 Å². The van der Waals surface area contributed by atoms with Gasteiger partial charge in [-0.2, -0.15) is 0 Å². The number of hydrogen-bond acceptors (Lipinski definition) is 5. The molecule has 0 heterocycles. The highest BCUT2D eigenvalue weighted by Gasteiger charge is 2.46. The second kappa shape index (κ2) is 10.2. The maximum absolute atomic E-state index is 13.0. The highest BCUT2D eigenvalue weighted by molar-refractivity contribution is 6.30. The molecular weight excluding hydrogens is 456 g/mol. The molecule has 0 aromatic heterocycles. The Morgan fingerprint density at radius 1 is 1.09 bits per heavy atom. The van der Waals surface area contributed by atoms with Crippen molar-refractivity contribution < 1.29 is 24.2 Å². The van der Waals surface area contributed by atoms with Gasteiger partial charge in [-0.3, -0.25) is 9.59 Å². The van der Waals surface area contributed by atoms with Crippen molar-refractivity contribution in [3.05, 3.63) is 70.2 Å². The van der Waals surface area contributed by atoms with Crippen LogP contribution in [0.5, 0.6) is 0 Å². The third-order valence-electron chi connectivity index (χ3n) is 6.27. The number of hydrogen-bond donors (Lipinski definition) is 3. The van der Waals surface area contributed by atoms with E-state index in [1.165, 1.54) is 12.1 Å². The fourth-order valence-corrected chi connectivity index (χ4v) is 4.77. The molecule has 0 saturated heterocycles. The zero-order chi connectivity index (χ0) is 25.1. The maximum atomic E-state index is 13.0. The van der Waals surface area contributed by atoms with Gasteiger partial charge in [-0.15, -0.1) is 0 Å². The van der Waals surface area contributed by atoms with E-state index in [1.54, 1.807) is 39.0 Å². The second-order valence-corrected chi connectivity index (χ2v) is 10.2. The van der Waals surface area contributed by atoms with Crippen LogP contribution in [-0.4, -0.2) is 40.6 Å². The highest BCUT2D eigenvalue weighted by Crippen LogP contribution is 2.43. The Morgan fingerprint density at radius 2 is 1.71 bits per heavy atom. The molecule has 1 fully saturated rings. The normalized spacial score (nSPS) is 21.4. The SMILES string of the molecule is CC(C)(C)OC(=O)C(N)C1(c2cccc(Cl)c2)CCC(NC(=O)c2ccccc2C(=O)O)CC1. The Balaban J connectivity index is 1.81.